The van der Waals surface area contributed by atoms with Gasteiger partial charge in [-0.25, -0.2) is 0 Å². The highest BCUT2D eigenvalue weighted by Crippen LogP contribution is 2.29. The van der Waals surface area contributed by atoms with Crippen LogP contribution in [0.4, 0.5) is 5.69 Å². The smallest absolute Gasteiger partial charge is 0.269 e. The second kappa shape index (κ2) is 9.83. The number of benzene rings is 2. The molecule has 31 heavy (non-hydrogen) atoms. The Morgan fingerprint density at radius 2 is 1.58 bits per heavy atom. The van der Waals surface area contributed by atoms with E-state index in [0.717, 1.165) is 6.42 Å². The molecule has 7 heteroatoms. The maximum absolute atomic E-state index is 10.8. The second-order valence-electron chi connectivity index (χ2n) is 8.34. The summed E-state index contributed by atoms with van der Waals surface area (Å²) < 4.78 is 5.86. The quantitative estimate of drug-likeness (QED) is 0.325. The van der Waals surface area contributed by atoms with Crippen molar-refractivity contribution < 1.29 is 9.34 Å². The van der Waals surface area contributed by atoms with Crippen molar-refractivity contribution in [1.82, 2.24) is 15.5 Å². The zero-order valence-electron chi connectivity index (χ0n) is 18.7. The first-order valence-corrected chi connectivity index (χ1v) is 10.7. The van der Waals surface area contributed by atoms with Gasteiger partial charge in [-0.1, -0.05) is 52.0 Å². The predicted octanol–water partition coefficient (Wildman–Crippen LogP) is 6.21. The van der Waals surface area contributed by atoms with Gasteiger partial charge in [-0.05, 0) is 48.4 Å². The van der Waals surface area contributed by atoms with Crippen LogP contribution in [0.15, 0.2) is 52.9 Å². The van der Waals surface area contributed by atoms with Crippen molar-refractivity contribution in [2.75, 3.05) is 0 Å². The molecule has 1 N–H and O–H groups in total. The molecular formula is C24H30N4O3. The molecule has 3 aromatic rings. The van der Waals surface area contributed by atoms with E-state index in [9.17, 15) is 10.1 Å². The van der Waals surface area contributed by atoms with Crippen molar-refractivity contribution >= 4 is 5.69 Å². The molecule has 0 saturated heterocycles. The first kappa shape index (κ1) is 22.6. The second-order valence-corrected chi connectivity index (χ2v) is 8.34. The van der Waals surface area contributed by atoms with Gasteiger partial charge in [0.2, 0.25) is 11.8 Å². The van der Waals surface area contributed by atoms with Crippen molar-refractivity contribution in [3.05, 3.63) is 75.7 Å². The molecule has 0 unspecified atom stereocenters. The fraction of sp³-hybridized carbons (Fsp3) is 0.417. The van der Waals surface area contributed by atoms with Gasteiger partial charge in [-0.15, -0.1) is 10.2 Å². The van der Waals surface area contributed by atoms with Gasteiger partial charge in [0.25, 0.3) is 5.69 Å². The van der Waals surface area contributed by atoms with Gasteiger partial charge in [0.15, 0.2) is 0 Å². The minimum absolute atomic E-state index is 0.0256. The summed E-state index contributed by atoms with van der Waals surface area (Å²) in [5.41, 5.74) is 3.26. The van der Waals surface area contributed by atoms with E-state index >= 15 is 0 Å². The highest BCUT2D eigenvalue weighted by molar-refractivity contribution is 5.55. The maximum atomic E-state index is 10.8. The van der Waals surface area contributed by atoms with Gasteiger partial charge < -0.3 is 4.42 Å². The molecule has 0 spiro atoms. The minimum Gasteiger partial charge on any atom is -0.419 e. The Labute approximate surface area is 183 Å². The van der Waals surface area contributed by atoms with Crippen LogP contribution in [0, 0.1) is 16.0 Å². The summed E-state index contributed by atoms with van der Waals surface area (Å²) in [5.74, 6) is 1.75. The standard InChI is InChI=1S/C24H30N4O3/c1-6-16(4)18-7-9-19(10-8-18)22(15(2)3)25-17(5)23-26-27-24(31-23)20-11-13-21(14-12-20)28(29)30/h7-17,22,25H,6H2,1-5H3/t16-,17-,22+/m0/s1. The van der Waals surface area contributed by atoms with Crippen LogP contribution >= 0.6 is 0 Å². The average molecular weight is 423 g/mol. The Morgan fingerprint density at radius 1 is 0.968 bits per heavy atom. The first-order chi connectivity index (χ1) is 14.8. The lowest BCUT2D eigenvalue weighted by Gasteiger charge is -2.26. The zero-order chi connectivity index (χ0) is 22.5. The zero-order valence-corrected chi connectivity index (χ0v) is 18.7. The molecule has 0 fully saturated rings. The van der Waals surface area contributed by atoms with Gasteiger partial charge in [-0.2, -0.15) is 0 Å². The van der Waals surface area contributed by atoms with Crippen LogP contribution in [0.5, 0.6) is 0 Å². The Hall–Kier alpha value is -3.06. The molecule has 0 aliphatic carbocycles. The van der Waals surface area contributed by atoms with Crippen molar-refractivity contribution in [1.29, 1.82) is 0 Å². The molecule has 0 amide bonds. The molecule has 0 aliphatic rings. The van der Waals surface area contributed by atoms with Crippen molar-refractivity contribution in [3.63, 3.8) is 0 Å². The SMILES string of the molecule is CC[C@H](C)c1ccc([C@H](N[C@@H](C)c2nnc(-c3ccc([N+](=O)[O-])cc3)o2)C(C)C)cc1. The number of nitro benzene ring substituents is 1. The molecule has 0 bridgehead atoms. The molecule has 1 heterocycles. The Bertz CT molecular complexity index is 996. The fourth-order valence-corrected chi connectivity index (χ4v) is 3.53. The normalized spacial score (nSPS) is 14.4. The number of nitrogens with zero attached hydrogens (tertiary/aromatic N) is 3. The number of hydrogen-bond acceptors (Lipinski definition) is 6. The monoisotopic (exact) mass is 422 g/mol. The van der Waals surface area contributed by atoms with Crippen LogP contribution < -0.4 is 5.32 Å². The molecule has 7 nitrogen and oxygen atoms in total. The van der Waals surface area contributed by atoms with E-state index in [1.807, 2.05) is 6.92 Å². The molecule has 0 saturated carbocycles. The third-order valence-corrected chi connectivity index (χ3v) is 5.71. The van der Waals surface area contributed by atoms with Gasteiger partial charge >= 0.3 is 0 Å². The Balaban J connectivity index is 1.74. The van der Waals surface area contributed by atoms with Crippen molar-refractivity contribution in [3.8, 4) is 11.5 Å². The lowest BCUT2D eigenvalue weighted by molar-refractivity contribution is -0.384. The largest absolute Gasteiger partial charge is 0.419 e. The molecule has 2 aromatic carbocycles. The summed E-state index contributed by atoms with van der Waals surface area (Å²) in [5, 5.41) is 22.8. The summed E-state index contributed by atoms with van der Waals surface area (Å²) in [6.07, 6.45) is 1.12. The summed E-state index contributed by atoms with van der Waals surface area (Å²) in [4.78, 5) is 10.4. The molecule has 3 atom stereocenters. The van der Waals surface area contributed by atoms with Crippen LogP contribution in [0.2, 0.25) is 0 Å². The highest BCUT2D eigenvalue weighted by atomic mass is 16.6. The Morgan fingerprint density at radius 3 is 2.13 bits per heavy atom. The summed E-state index contributed by atoms with van der Waals surface area (Å²) in [6.45, 7) is 10.8. The molecule has 0 radical (unpaired) electrons. The summed E-state index contributed by atoms with van der Waals surface area (Å²) in [7, 11) is 0. The van der Waals surface area contributed by atoms with Crippen LogP contribution in [-0.2, 0) is 0 Å². The van der Waals surface area contributed by atoms with E-state index in [4.69, 9.17) is 4.42 Å². The van der Waals surface area contributed by atoms with Crippen molar-refractivity contribution in [2.24, 2.45) is 5.92 Å². The Kier molecular flexibility index (Phi) is 7.17. The van der Waals surface area contributed by atoms with E-state index in [0.29, 0.717) is 29.2 Å². The van der Waals surface area contributed by atoms with E-state index in [1.54, 1.807) is 12.1 Å². The third kappa shape index (κ3) is 5.35. The molecular weight excluding hydrogens is 392 g/mol. The maximum Gasteiger partial charge on any atom is 0.269 e. The molecule has 164 valence electrons. The van der Waals surface area contributed by atoms with Gasteiger partial charge in [0.05, 0.1) is 11.0 Å². The topological polar surface area (TPSA) is 94.1 Å². The van der Waals surface area contributed by atoms with Gasteiger partial charge in [-0.3, -0.25) is 15.4 Å². The van der Waals surface area contributed by atoms with Crippen LogP contribution in [0.3, 0.4) is 0 Å². The predicted molar refractivity (Wildman–Crippen MR) is 121 cm³/mol. The summed E-state index contributed by atoms with van der Waals surface area (Å²) in [6, 6.07) is 14.9. The average Bonchev–Trinajstić information content (AvgIpc) is 3.27. The first-order valence-electron chi connectivity index (χ1n) is 10.7. The molecule has 3 rings (SSSR count). The van der Waals surface area contributed by atoms with Gasteiger partial charge in [0.1, 0.15) is 0 Å². The third-order valence-electron chi connectivity index (χ3n) is 5.71. The number of nitro groups is 1. The number of hydrogen-bond donors (Lipinski definition) is 1. The number of aromatic nitrogens is 2. The number of rotatable bonds is 9. The minimum atomic E-state index is -0.434. The van der Waals surface area contributed by atoms with Gasteiger partial charge in [0, 0.05) is 23.7 Å². The van der Waals surface area contributed by atoms with Crippen LogP contribution in [-0.4, -0.2) is 15.1 Å². The lowest BCUT2D eigenvalue weighted by atomic mass is 9.92. The van der Waals surface area contributed by atoms with E-state index in [-0.39, 0.29) is 17.8 Å². The highest BCUT2D eigenvalue weighted by Gasteiger charge is 2.22. The summed E-state index contributed by atoms with van der Waals surface area (Å²) >= 11 is 0. The van der Waals surface area contributed by atoms with Crippen LogP contribution in [0.1, 0.15) is 76.1 Å². The van der Waals surface area contributed by atoms with Crippen molar-refractivity contribution in [2.45, 2.75) is 59.0 Å². The number of nitrogens with one attached hydrogen (secondary N) is 1. The number of non-ortho nitro benzene ring substituents is 1. The van der Waals surface area contributed by atoms with E-state index in [2.05, 4.69) is 67.5 Å². The molecule has 1 aromatic heterocycles. The molecule has 0 aliphatic heterocycles. The van der Waals surface area contributed by atoms with E-state index < -0.39 is 4.92 Å². The fourth-order valence-electron chi connectivity index (χ4n) is 3.53. The van der Waals surface area contributed by atoms with E-state index in [1.165, 1.54) is 23.3 Å². The van der Waals surface area contributed by atoms with Crippen LogP contribution in [0.25, 0.3) is 11.5 Å². The lowest BCUT2D eigenvalue weighted by Crippen LogP contribution is -2.28.